The largest absolute Gasteiger partial charge is 0.874 e. The minimum Gasteiger partial charge on any atom is -0.874 e. The molecule has 1 aromatic carbocycles. The molecule has 0 atom stereocenters. The molecule has 1 heterocycles. The second-order valence-corrected chi connectivity index (χ2v) is 4.48. The number of hydrazine groups is 1. The molecular formula is C10H9N4O3S-. The highest BCUT2D eigenvalue weighted by molar-refractivity contribution is 8.17. The van der Waals surface area contributed by atoms with Gasteiger partial charge < -0.3 is 5.11 Å². The number of amidine groups is 1. The van der Waals surface area contributed by atoms with Crippen molar-refractivity contribution < 1.29 is 10.0 Å². The second-order valence-electron chi connectivity index (χ2n) is 3.49. The molecule has 0 aromatic heterocycles. The number of thioether (sulfide) groups is 1. The summed E-state index contributed by atoms with van der Waals surface area (Å²) in [5.41, 5.74) is 2.79. The highest BCUT2D eigenvalue weighted by Gasteiger charge is 2.28. The molecule has 0 bridgehead atoms. The summed E-state index contributed by atoms with van der Waals surface area (Å²) < 4.78 is 0. The zero-order chi connectivity index (χ0) is 13.3. The summed E-state index contributed by atoms with van der Waals surface area (Å²) in [5, 5.41) is 31.4. The quantitative estimate of drug-likeness (QED) is 0.472. The molecule has 0 amide bonds. The molecule has 1 saturated heterocycles. The van der Waals surface area contributed by atoms with Crippen LogP contribution >= 0.6 is 11.8 Å². The van der Waals surface area contributed by atoms with E-state index < -0.39 is 4.92 Å². The third-order valence-corrected chi connectivity index (χ3v) is 3.21. The van der Waals surface area contributed by atoms with Crippen LogP contribution in [0.2, 0.25) is 0 Å². The first kappa shape index (κ1) is 12.2. The number of hydrogen-bond donors (Lipinski definition) is 2. The lowest BCUT2D eigenvalue weighted by molar-refractivity contribution is -0.384. The van der Waals surface area contributed by atoms with Crippen molar-refractivity contribution >= 4 is 28.3 Å². The van der Waals surface area contributed by atoms with Gasteiger partial charge in [0.25, 0.3) is 5.69 Å². The van der Waals surface area contributed by atoms with Crippen LogP contribution in [0, 0.1) is 15.5 Å². The zero-order valence-electron chi connectivity index (χ0n) is 9.34. The van der Waals surface area contributed by atoms with Gasteiger partial charge in [-0.1, -0.05) is 19.1 Å². The van der Waals surface area contributed by atoms with Crippen molar-refractivity contribution in [1.82, 2.24) is 5.43 Å². The number of hydrogen-bond acceptors (Lipinski definition) is 6. The van der Waals surface area contributed by atoms with E-state index in [9.17, 15) is 15.2 Å². The number of nitro benzene ring substituents is 1. The maximum atomic E-state index is 11.2. The Balaban J connectivity index is 2.42. The van der Waals surface area contributed by atoms with Crippen molar-refractivity contribution in [3.05, 3.63) is 45.2 Å². The number of nitro groups is 1. The lowest BCUT2D eigenvalue weighted by Crippen LogP contribution is -2.34. The van der Waals surface area contributed by atoms with Gasteiger partial charge >= 0.3 is 0 Å². The van der Waals surface area contributed by atoms with Crippen molar-refractivity contribution in [1.29, 1.82) is 5.41 Å². The molecule has 1 fully saturated rings. The first-order chi connectivity index (χ1) is 8.50. The van der Waals surface area contributed by atoms with Gasteiger partial charge in [0.1, 0.15) is 5.69 Å². The fourth-order valence-electron chi connectivity index (χ4n) is 1.45. The molecule has 0 spiro atoms. The smallest absolute Gasteiger partial charge is 0.294 e. The van der Waals surface area contributed by atoms with Crippen LogP contribution in [-0.2, 0) is 0 Å². The van der Waals surface area contributed by atoms with E-state index in [-0.39, 0.29) is 27.3 Å². The number of para-hydroxylation sites is 2. The van der Waals surface area contributed by atoms with Crippen molar-refractivity contribution in [2.45, 2.75) is 6.92 Å². The zero-order valence-corrected chi connectivity index (χ0v) is 10.2. The van der Waals surface area contributed by atoms with Gasteiger partial charge in [0.05, 0.1) is 9.95 Å². The molecule has 0 saturated carbocycles. The number of nitrogens with zero attached hydrogens (tertiary/aromatic N) is 2. The van der Waals surface area contributed by atoms with Crippen molar-refractivity contribution in [2.75, 3.05) is 5.01 Å². The van der Waals surface area contributed by atoms with Gasteiger partial charge in [0, 0.05) is 6.07 Å². The van der Waals surface area contributed by atoms with Gasteiger partial charge in [-0.3, -0.25) is 20.9 Å². The molecule has 0 unspecified atom stereocenters. The summed E-state index contributed by atoms with van der Waals surface area (Å²) in [5.74, 6) is -0.217. The predicted octanol–water partition coefficient (Wildman–Crippen LogP) is 1.14. The minimum absolute atomic E-state index is 0.0227. The molecule has 1 aliphatic rings. The topological polar surface area (TPSA) is 105 Å². The molecular weight excluding hydrogens is 256 g/mol. The molecule has 0 aliphatic carbocycles. The minimum atomic E-state index is -0.527. The Kier molecular flexibility index (Phi) is 3.11. The number of nitrogens with one attached hydrogen (secondary N) is 2. The van der Waals surface area contributed by atoms with Crippen LogP contribution in [-0.4, -0.2) is 10.1 Å². The van der Waals surface area contributed by atoms with E-state index in [1.165, 1.54) is 24.1 Å². The summed E-state index contributed by atoms with van der Waals surface area (Å²) in [6, 6.07) is 6.04. The lowest BCUT2D eigenvalue weighted by Gasteiger charge is -2.17. The Labute approximate surface area is 107 Å². The average Bonchev–Trinajstić information content (AvgIpc) is 2.71. The van der Waals surface area contributed by atoms with E-state index in [0.717, 1.165) is 11.8 Å². The maximum Gasteiger partial charge on any atom is 0.294 e. The van der Waals surface area contributed by atoms with E-state index in [0.29, 0.717) is 0 Å². The first-order valence-corrected chi connectivity index (χ1v) is 5.77. The molecule has 8 heteroatoms. The van der Waals surface area contributed by atoms with Crippen molar-refractivity contribution in [3.8, 4) is 0 Å². The van der Waals surface area contributed by atoms with E-state index in [1.54, 1.807) is 12.1 Å². The predicted molar refractivity (Wildman–Crippen MR) is 66.7 cm³/mol. The van der Waals surface area contributed by atoms with Crippen molar-refractivity contribution in [3.63, 3.8) is 0 Å². The van der Waals surface area contributed by atoms with Gasteiger partial charge in [0.15, 0.2) is 5.17 Å². The van der Waals surface area contributed by atoms with Crippen LogP contribution in [0.4, 0.5) is 11.4 Å². The average molecular weight is 265 g/mol. The Bertz CT molecular complexity index is 554. The Hall–Kier alpha value is -2.22. The Morgan fingerprint density at radius 1 is 1.50 bits per heavy atom. The normalized spacial score (nSPS) is 17.6. The second kappa shape index (κ2) is 4.57. The summed E-state index contributed by atoms with van der Waals surface area (Å²) >= 11 is 0.940. The molecule has 0 radical (unpaired) electrons. The summed E-state index contributed by atoms with van der Waals surface area (Å²) in [6.45, 7) is 1.37. The molecule has 2 N–H and O–H groups in total. The van der Waals surface area contributed by atoms with Gasteiger partial charge in [-0.2, -0.15) is 0 Å². The number of benzene rings is 1. The van der Waals surface area contributed by atoms with Crippen LogP contribution in [0.15, 0.2) is 35.1 Å². The highest BCUT2D eigenvalue weighted by atomic mass is 32.2. The van der Waals surface area contributed by atoms with Crippen LogP contribution in [0.1, 0.15) is 6.92 Å². The third kappa shape index (κ3) is 2.09. The SMILES string of the molecule is CC([O-])=C1NN(c2ccccc2[N+](=O)[O-])C(=N)S1. The monoisotopic (exact) mass is 265 g/mol. The van der Waals surface area contributed by atoms with E-state index in [2.05, 4.69) is 5.43 Å². The van der Waals surface area contributed by atoms with E-state index in [1.807, 2.05) is 0 Å². The van der Waals surface area contributed by atoms with Gasteiger partial charge in [-0.25, -0.2) is 5.01 Å². The summed E-state index contributed by atoms with van der Waals surface area (Å²) in [7, 11) is 0. The van der Waals surface area contributed by atoms with Crippen LogP contribution in [0.3, 0.4) is 0 Å². The molecule has 7 nitrogen and oxygen atoms in total. The van der Waals surface area contributed by atoms with Gasteiger partial charge in [-0.05, 0) is 17.8 Å². The molecule has 2 rings (SSSR count). The van der Waals surface area contributed by atoms with E-state index >= 15 is 0 Å². The fourth-order valence-corrected chi connectivity index (χ4v) is 2.15. The van der Waals surface area contributed by atoms with Crippen molar-refractivity contribution in [2.24, 2.45) is 0 Å². The molecule has 18 heavy (non-hydrogen) atoms. The van der Waals surface area contributed by atoms with Crippen LogP contribution < -0.4 is 15.5 Å². The highest BCUT2D eigenvalue weighted by Crippen LogP contribution is 2.34. The Morgan fingerprint density at radius 3 is 2.72 bits per heavy atom. The molecule has 94 valence electrons. The first-order valence-electron chi connectivity index (χ1n) is 4.95. The Morgan fingerprint density at radius 2 is 2.17 bits per heavy atom. The van der Waals surface area contributed by atoms with E-state index in [4.69, 9.17) is 5.41 Å². The van der Waals surface area contributed by atoms with Crippen LogP contribution in [0.5, 0.6) is 0 Å². The summed E-state index contributed by atoms with van der Waals surface area (Å²) in [6.07, 6.45) is 0. The molecule has 1 aromatic rings. The van der Waals surface area contributed by atoms with Crippen LogP contribution in [0.25, 0.3) is 0 Å². The molecule has 1 aliphatic heterocycles. The third-order valence-electron chi connectivity index (χ3n) is 2.25. The number of rotatable bonds is 2. The lowest BCUT2D eigenvalue weighted by atomic mass is 10.2. The standard InChI is InChI=1S/C10H10N4O3S/c1-6(15)9-12-13(10(11)18-9)7-4-2-3-5-8(7)14(16)17/h2-5,11-12,15H,1H3/p-1. The maximum absolute atomic E-state index is 11.2. The fraction of sp³-hybridized carbons (Fsp3) is 0.100. The number of anilines is 1. The van der Waals surface area contributed by atoms with Gasteiger partial charge in [-0.15, -0.1) is 5.76 Å². The van der Waals surface area contributed by atoms with Gasteiger partial charge in [0.2, 0.25) is 0 Å². The summed E-state index contributed by atoms with van der Waals surface area (Å²) in [4.78, 5) is 10.4. The number of allylic oxidation sites excluding steroid dienone is 1.